The number of rotatable bonds is 4. The Labute approximate surface area is 109 Å². The van der Waals surface area contributed by atoms with Gasteiger partial charge in [-0.2, -0.15) is 22.0 Å². The maximum atomic E-state index is 12.6. The van der Waals surface area contributed by atoms with Gasteiger partial charge in [-0.05, 0) is 18.2 Å². The molecule has 0 spiro atoms. The van der Waals surface area contributed by atoms with Crippen LogP contribution in [0.5, 0.6) is 0 Å². The van der Waals surface area contributed by atoms with Gasteiger partial charge in [0.05, 0.1) is 0 Å². The molecule has 0 radical (unpaired) electrons. The maximum absolute atomic E-state index is 12.6. The van der Waals surface area contributed by atoms with E-state index < -0.39 is 25.3 Å². The summed E-state index contributed by atoms with van der Waals surface area (Å²) in [5, 5.41) is 0. The second-order valence-corrected chi connectivity index (χ2v) is 4.03. The lowest BCUT2D eigenvalue weighted by molar-refractivity contribution is -0.298. The molecule has 110 valence electrons. The Bertz CT molecular complexity index is 608. The van der Waals surface area contributed by atoms with E-state index in [9.17, 15) is 22.0 Å². The molecule has 0 saturated carbocycles. The predicted molar refractivity (Wildman–Crippen MR) is 59.1 cm³/mol. The van der Waals surface area contributed by atoms with Crippen molar-refractivity contribution >= 4 is 16.8 Å². The standard InChI is InChI=1S/C11H9F5N2O2/c12-10(13,11(14,15)16)5-19-4-9-18-7-3-6(17)1-2-8(7)20-9/h1-3H,4-5,17H2. The van der Waals surface area contributed by atoms with Crippen LogP contribution in [0.4, 0.5) is 27.6 Å². The zero-order chi connectivity index (χ0) is 15.0. The summed E-state index contributed by atoms with van der Waals surface area (Å²) in [6.45, 7) is -2.39. The van der Waals surface area contributed by atoms with Gasteiger partial charge >= 0.3 is 12.1 Å². The van der Waals surface area contributed by atoms with Crippen LogP contribution >= 0.6 is 0 Å². The summed E-state index contributed by atoms with van der Waals surface area (Å²) in [6, 6.07) is 4.52. The summed E-state index contributed by atoms with van der Waals surface area (Å²) in [7, 11) is 0. The molecule has 0 atom stereocenters. The summed E-state index contributed by atoms with van der Waals surface area (Å²) >= 11 is 0. The Morgan fingerprint density at radius 1 is 1.20 bits per heavy atom. The molecule has 2 aromatic rings. The Morgan fingerprint density at radius 3 is 2.55 bits per heavy atom. The summed E-state index contributed by atoms with van der Waals surface area (Å²) in [6.07, 6.45) is -5.65. The number of nitrogens with two attached hydrogens (primary N) is 1. The number of nitrogen functional groups attached to an aromatic ring is 1. The molecule has 9 heteroatoms. The van der Waals surface area contributed by atoms with Gasteiger partial charge in [-0.25, -0.2) is 4.98 Å². The third-order valence-electron chi connectivity index (χ3n) is 2.38. The second kappa shape index (κ2) is 4.89. The highest BCUT2D eigenvalue weighted by Crippen LogP contribution is 2.35. The largest absolute Gasteiger partial charge is 0.455 e. The Morgan fingerprint density at radius 2 is 1.90 bits per heavy atom. The molecule has 0 aliphatic carbocycles. The summed E-state index contributed by atoms with van der Waals surface area (Å²) in [5.41, 5.74) is 6.62. The number of benzene rings is 1. The lowest BCUT2D eigenvalue weighted by Gasteiger charge is -2.18. The monoisotopic (exact) mass is 296 g/mol. The third kappa shape index (κ3) is 2.98. The van der Waals surface area contributed by atoms with Gasteiger partial charge in [0, 0.05) is 5.69 Å². The first-order chi connectivity index (χ1) is 9.19. The highest BCUT2D eigenvalue weighted by Gasteiger charge is 2.57. The normalized spacial score (nSPS) is 13.1. The minimum atomic E-state index is -5.65. The first-order valence-electron chi connectivity index (χ1n) is 5.36. The van der Waals surface area contributed by atoms with Gasteiger partial charge in [-0.3, -0.25) is 0 Å². The molecular formula is C11H9F5N2O2. The molecule has 0 amide bonds. The molecule has 2 rings (SSSR count). The molecule has 1 heterocycles. The quantitative estimate of drug-likeness (QED) is 0.695. The fraction of sp³-hybridized carbons (Fsp3) is 0.364. The number of hydrogen-bond acceptors (Lipinski definition) is 4. The Kier molecular flexibility index (Phi) is 3.55. The summed E-state index contributed by atoms with van der Waals surface area (Å²) in [5.74, 6) is -5.02. The van der Waals surface area contributed by atoms with Gasteiger partial charge in [-0.15, -0.1) is 0 Å². The zero-order valence-electron chi connectivity index (χ0n) is 9.88. The van der Waals surface area contributed by atoms with E-state index in [2.05, 4.69) is 9.72 Å². The van der Waals surface area contributed by atoms with Gasteiger partial charge in [0.1, 0.15) is 18.7 Å². The topological polar surface area (TPSA) is 61.3 Å². The molecular weight excluding hydrogens is 287 g/mol. The van der Waals surface area contributed by atoms with Crippen molar-refractivity contribution in [1.82, 2.24) is 4.98 Å². The number of fused-ring (bicyclic) bond motifs is 1. The molecule has 1 aromatic heterocycles. The molecule has 0 saturated heterocycles. The minimum absolute atomic E-state index is 0.108. The molecule has 0 unspecified atom stereocenters. The first kappa shape index (κ1) is 14.5. The number of hydrogen-bond donors (Lipinski definition) is 1. The van der Waals surface area contributed by atoms with Gasteiger partial charge in [0.2, 0.25) is 5.89 Å². The van der Waals surface area contributed by atoms with Crippen LogP contribution in [0.2, 0.25) is 0 Å². The average Bonchev–Trinajstić information content (AvgIpc) is 2.68. The van der Waals surface area contributed by atoms with Crippen molar-refractivity contribution in [1.29, 1.82) is 0 Å². The van der Waals surface area contributed by atoms with E-state index in [0.29, 0.717) is 16.8 Å². The van der Waals surface area contributed by atoms with Crippen LogP contribution in [0.25, 0.3) is 11.1 Å². The minimum Gasteiger partial charge on any atom is -0.438 e. The fourth-order valence-electron chi connectivity index (χ4n) is 1.40. The molecule has 0 aliphatic heterocycles. The van der Waals surface area contributed by atoms with E-state index in [1.807, 2.05) is 0 Å². The third-order valence-corrected chi connectivity index (χ3v) is 2.38. The molecule has 1 aromatic carbocycles. The van der Waals surface area contributed by atoms with E-state index in [1.165, 1.54) is 18.2 Å². The number of halogens is 5. The SMILES string of the molecule is Nc1ccc2oc(COCC(F)(F)C(F)(F)F)nc2c1. The number of anilines is 1. The van der Waals surface area contributed by atoms with Crippen LogP contribution in [-0.4, -0.2) is 23.7 Å². The van der Waals surface area contributed by atoms with E-state index >= 15 is 0 Å². The molecule has 20 heavy (non-hydrogen) atoms. The van der Waals surface area contributed by atoms with Crippen molar-refractivity contribution in [2.75, 3.05) is 12.3 Å². The van der Waals surface area contributed by atoms with Gasteiger partial charge in [0.25, 0.3) is 0 Å². The van der Waals surface area contributed by atoms with Crippen LogP contribution in [0.1, 0.15) is 5.89 Å². The predicted octanol–water partition coefficient (Wildman–Crippen LogP) is 3.12. The van der Waals surface area contributed by atoms with Crippen LogP contribution in [0, 0.1) is 0 Å². The number of nitrogens with zero attached hydrogens (tertiary/aromatic N) is 1. The summed E-state index contributed by atoms with van der Waals surface area (Å²) < 4.78 is 70.2. The van der Waals surface area contributed by atoms with E-state index in [0.717, 1.165) is 0 Å². The molecule has 0 fully saturated rings. The fourth-order valence-corrected chi connectivity index (χ4v) is 1.40. The second-order valence-electron chi connectivity index (χ2n) is 4.03. The van der Waals surface area contributed by atoms with Crippen LogP contribution < -0.4 is 5.73 Å². The first-order valence-corrected chi connectivity index (χ1v) is 5.36. The van der Waals surface area contributed by atoms with Gasteiger partial charge in [-0.1, -0.05) is 0 Å². The summed E-state index contributed by atoms with van der Waals surface area (Å²) in [4.78, 5) is 3.86. The van der Waals surface area contributed by atoms with Crippen molar-refractivity contribution in [3.8, 4) is 0 Å². The van der Waals surface area contributed by atoms with E-state index in [-0.39, 0.29) is 5.89 Å². The average molecular weight is 296 g/mol. The molecule has 2 N–H and O–H groups in total. The van der Waals surface area contributed by atoms with Crippen molar-refractivity contribution in [2.24, 2.45) is 0 Å². The Balaban J connectivity index is 2.00. The van der Waals surface area contributed by atoms with Crippen molar-refractivity contribution in [3.63, 3.8) is 0 Å². The number of ether oxygens (including phenoxy) is 1. The van der Waals surface area contributed by atoms with E-state index in [4.69, 9.17) is 10.2 Å². The molecule has 4 nitrogen and oxygen atoms in total. The highest BCUT2D eigenvalue weighted by atomic mass is 19.4. The van der Waals surface area contributed by atoms with Crippen molar-refractivity contribution in [3.05, 3.63) is 24.1 Å². The van der Waals surface area contributed by atoms with Crippen LogP contribution in [0.3, 0.4) is 0 Å². The number of alkyl halides is 5. The Hall–Kier alpha value is -1.90. The maximum Gasteiger partial charge on any atom is 0.455 e. The van der Waals surface area contributed by atoms with Gasteiger partial charge in [0.15, 0.2) is 5.58 Å². The number of oxazole rings is 1. The van der Waals surface area contributed by atoms with Crippen LogP contribution in [-0.2, 0) is 11.3 Å². The smallest absolute Gasteiger partial charge is 0.438 e. The van der Waals surface area contributed by atoms with Crippen molar-refractivity contribution < 1.29 is 31.1 Å². The van der Waals surface area contributed by atoms with Crippen molar-refractivity contribution in [2.45, 2.75) is 18.7 Å². The van der Waals surface area contributed by atoms with Gasteiger partial charge < -0.3 is 14.9 Å². The lowest BCUT2D eigenvalue weighted by atomic mass is 10.3. The van der Waals surface area contributed by atoms with Crippen LogP contribution in [0.15, 0.2) is 22.6 Å². The highest BCUT2D eigenvalue weighted by molar-refractivity contribution is 5.76. The zero-order valence-corrected chi connectivity index (χ0v) is 9.88. The molecule has 0 aliphatic rings. The lowest BCUT2D eigenvalue weighted by Crippen LogP contribution is -2.40. The van der Waals surface area contributed by atoms with E-state index in [1.54, 1.807) is 0 Å². The molecule has 0 bridgehead atoms. The number of aromatic nitrogens is 1.